The van der Waals surface area contributed by atoms with E-state index in [9.17, 15) is 0 Å². The molecule has 0 radical (unpaired) electrons. The zero-order chi connectivity index (χ0) is 10.3. The van der Waals surface area contributed by atoms with Gasteiger partial charge in [-0.15, -0.1) is 0 Å². The normalized spacial score (nSPS) is 17.7. The van der Waals surface area contributed by atoms with Crippen molar-refractivity contribution in [2.75, 3.05) is 0 Å². The minimum Gasteiger partial charge on any atom is -0.321 e. The Kier molecular flexibility index (Phi) is 1.70. The van der Waals surface area contributed by atoms with Crippen molar-refractivity contribution < 1.29 is 0 Å². The maximum atomic E-state index is 6.23. The van der Waals surface area contributed by atoms with Crippen LogP contribution in [-0.4, -0.2) is 9.78 Å². The Hall–Kier alpha value is -1.61. The molecule has 0 spiro atoms. The molecule has 1 aliphatic carbocycles. The Bertz CT molecular complexity index is 469. The van der Waals surface area contributed by atoms with E-state index in [2.05, 4.69) is 17.2 Å². The van der Waals surface area contributed by atoms with E-state index in [1.807, 2.05) is 29.1 Å². The van der Waals surface area contributed by atoms with E-state index in [4.69, 9.17) is 5.73 Å². The Morgan fingerprint density at radius 2 is 2.00 bits per heavy atom. The summed E-state index contributed by atoms with van der Waals surface area (Å²) in [5.41, 5.74) is 8.43. The number of benzene rings is 1. The molecule has 0 atom stereocenters. The first-order chi connectivity index (χ1) is 7.30. The molecule has 1 aromatic carbocycles. The minimum absolute atomic E-state index is 0.109. The van der Waals surface area contributed by atoms with Crippen molar-refractivity contribution in [3.63, 3.8) is 0 Å². The Morgan fingerprint density at radius 3 is 2.67 bits per heavy atom. The topological polar surface area (TPSA) is 43.8 Å². The van der Waals surface area contributed by atoms with Gasteiger partial charge in [-0.05, 0) is 30.5 Å². The van der Waals surface area contributed by atoms with Crippen LogP contribution in [0.2, 0.25) is 0 Å². The molecule has 0 bridgehead atoms. The van der Waals surface area contributed by atoms with Crippen molar-refractivity contribution >= 4 is 0 Å². The van der Waals surface area contributed by atoms with Crippen LogP contribution in [0.25, 0.3) is 5.69 Å². The van der Waals surface area contributed by atoms with Crippen LogP contribution < -0.4 is 5.73 Å². The van der Waals surface area contributed by atoms with Crippen molar-refractivity contribution in [1.29, 1.82) is 0 Å². The zero-order valence-electron chi connectivity index (χ0n) is 8.43. The minimum atomic E-state index is -0.109. The zero-order valence-corrected chi connectivity index (χ0v) is 8.43. The van der Waals surface area contributed by atoms with Gasteiger partial charge in [0.2, 0.25) is 0 Å². The molecule has 1 aliphatic rings. The maximum absolute atomic E-state index is 6.23. The smallest absolute Gasteiger partial charge is 0.0696 e. The number of para-hydroxylation sites is 1. The fourth-order valence-corrected chi connectivity index (χ4v) is 1.91. The number of hydrogen-bond acceptors (Lipinski definition) is 2. The van der Waals surface area contributed by atoms with Gasteiger partial charge in [0.15, 0.2) is 0 Å². The molecule has 15 heavy (non-hydrogen) atoms. The highest BCUT2D eigenvalue weighted by atomic mass is 15.3. The molecule has 3 rings (SSSR count). The predicted octanol–water partition coefficient (Wildman–Crippen LogP) is 1.82. The van der Waals surface area contributed by atoms with Crippen molar-refractivity contribution in [1.82, 2.24) is 9.78 Å². The molecule has 1 fully saturated rings. The highest BCUT2D eigenvalue weighted by molar-refractivity contribution is 5.47. The highest BCUT2D eigenvalue weighted by Gasteiger charge is 2.41. The first-order valence-electron chi connectivity index (χ1n) is 5.18. The van der Waals surface area contributed by atoms with Crippen LogP contribution in [0, 0.1) is 0 Å². The monoisotopic (exact) mass is 199 g/mol. The fraction of sp³-hybridized carbons (Fsp3) is 0.250. The van der Waals surface area contributed by atoms with Gasteiger partial charge in [-0.2, -0.15) is 5.10 Å². The van der Waals surface area contributed by atoms with E-state index in [-0.39, 0.29) is 5.54 Å². The summed E-state index contributed by atoms with van der Waals surface area (Å²) in [7, 11) is 0. The highest BCUT2D eigenvalue weighted by Crippen LogP contribution is 2.44. The van der Waals surface area contributed by atoms with Gasteiger partial charge >= 0.3 is 0 Å². The molecule has 1 aromatic heterocycles. The van der Waals surface area contributed by atoms with Gasteiger partial charge in [0.05, 0.1) is 5.69 Å². The van der Waals surface area contributed by atoms with E-state index >= 15 is 0 Å². The molecule has 2 aromatic rings. The standard InChI is InChI=1S/C12H13N3/c13-12(6-7-12)10-4-1-2-5-11(10)15-9-3-8-14-15/h1-5,8-9H,6-7,13H2. The summed E-state index contributed by atoms with van der Waals surface area (Å²) in [5, 5.41) is 4.25. The lowest BCUT2D eigenvalue weighted by atomic mass is 10.0. The third-order valence-corrected chi connectivity index (χ3v) is 2.98. The lowest BCUT2D eigenvalue weighted by molar-refractivity contribution is 0.719. The average Bonchev–Trinajstić information content (AvgIpc) is 2.84. The summed E-state index contributed by atoms with van der Waals surface area (Å²) in [6, 6.07) is 10.1. The van der Waals surface area contributed by atoms with Crippen molar-refractivity contribution in [2.45, 2.75) is 18.4 Å². The third kappa shape index (κ3) is 1.36. The molecular weight excluding hydrogens is 186 g/mol. The first-order valence-corrected chi connectivity index (χ1v) is 5.18. The van der Waals surface area contributed by atoms with Gasteiger partial charge in [-0.3, -0.25) is 0 Å². The summed E-state index contributed by atoms with van der Waals surface area (Å²) in [4.78, 5) is 0. The van der Waals surface area contributed by atoms with E-state index in [0.29, 0.717) is 0 Å². The van der Waals surface area contributed by atoms with Crippen LogP contribution in [0.1, 0.15) is 18.4 Å². The summed E-state index contributed by atoms with van der Waals surface area (Å²) < 4.78 is 1.88. The molecule has 1 saturated carbocycles. The second kappa shape index (κ2) is 2.94. The van der Waals surface area contributed by atoms with E-state index in [1.54, 1.807) is 6.20 Å². The lowest BCUT2D eigenvalue weighted by Crippen LogP contribution is -2.21. The Morgan fingerprint density at radius 1 is 1.20 bits per heavy atom. The number of hydrogen-bond donors (Lipinski definition) is 1. The van der Waals surface area contributed by atoms with Gasteiger partial charge in [-0.25, -0.2) is 4.68 Å². The summed E-state index contributed by atoms with van der Waals surface area (Å²) in [5.74, 6) is 0. The van der Waals surface area contributed by atoms with E-state index in [1.165, 1.54) is 5.56 Å². The molecule has 3 nitrogen and oxygen atoms in total. The van der Waals surface area contributed by atoms with Gasteiger partial charge in [0.1, 0.15) is 0 Å². The summed E-state index contributed by atoms with van der Waals surface area (Å²) >= 11 is 0. The van der Waals surface area contributed by atoms with Crippen LogP contribution in [0.3, 0.4) is 0 Å². The van der Waals surface area contributed by atoms with Crippen LogP contribution in [0.15, 0.2) is 42.7 Å². The van der Waals surface area contributed by atoms with Crippen LogP contribution in [0.4, 0.5) is 0 Å². The van der Waals surface area contributed by atoms with Crippen LogP contribution in [0.5, 0.6) is 0 Å². The van der Waals surface area contributed by atoms with E-state index in [0.717, 1.165) is 18.5 Å². The van der Waals surface area contributed by atoms with Gasteiger partial charge in [-0.1, -0.05) is 18.2 Å². The van der Waals surface area contributed by atoms with Crippen LogP contribution in [-0.2, 0) is 5.54 Å². The number of aromatic nitrogens is 2. The fourth-order valence-electron chi connectivity index (χ4n) is 1.91. The number of nitrogens with two attached hydrogens (primary N) is 1. The Balaban J connectivity index is 2.15. The van der Waals surface area contributed by atoms with E-state index < -0.39 is 0 Å². The molecule has 0 amide bonds. The van der Waals surface area contributed by atoms with Gasteiger partial charge < -0.3 is 5.73 Å². The molecule has 76 valence electrons. The first kappa shape index (κ1) is 8.68. The maximum Gasteiger partial charge on any atom is 0.0696 e. The van der Waals surface area contributed by atoms with Crippen LogP contribution >= 0.6 is 0 Å². The van der Waals surface area contributed by atoms with Gasteiger partial charge in [0, 0.05) is 17.9 Å². The average molecular weight is 199 g/mol. The second-order valence-corrected chi connectivity index (χ2v) is 4.12. The lowest BCUT2D eigenvalue weighted by Gasteiger charge is -2.14. The largest absolute Gasteiger partial charge is 0.321 e. The Labute approximate surface area is 88.5 Å². The predicted molar refractivity (Wildman–Crippen MR) is 58.7 cm³/mol. The van der Waals surface area contributed by atoms with Crippen molar-refractivity contribution in [3.8, 4) is 5.69 Å². The molecule has 2 N–H and O–H groups in total. The quantitative estimate of drug-likeness (QED) is 0.801. The molecule has 3 heteroatoms. The van der Waals surface area contributed by atoms with Crippen molar-refractivity contribution in [2.24, 2.45) is 5.73 Å². The summed E-state index contributed by atoms with van der Waals surface area (Å²) in [6.45, 7) is 0. The number of nitrogens with zero attached hydrogens (tertiary/aromatic N) is 2. The SMILES string of the molecule is NC1(c2ccccc2-n2cccn2)CC1. The molecule has 0 unspecified atom stereocenters. The van der Waals surface area contributed by atoms with Gasteiger partial charge in [0.25, 0.3) is 0 Å². The second-order valence-electron chi connectivity index (χ2n) is 4.12. The molecule has 0 aliphatic heterocycles. The molecular formula is C12H13N3. The molecule has 1 heterocycles. The summed E-state index contributed by atoms with van der Waals surface area (Å²) in [6.07, 6.45) is 5.88. The molecule has 0 saturated heterocycles. The third-order valence-electron chi connectivity index (χ3n) is 2.98. The van der Waals surface area contributed by atoms with Crippen molar-refractivity contribution in [3.05, 3.63) is 48.3 Å². The number of rotatable bonds is 2.